The highest BCUT2D eigenvalue weighted by Gasteiger charge is 2.10. The second-order valence-corrected chi connectivity index (χ2v) is 2.30. The molecule has 1 atom stereocenters. The van der Waals surface area contributed by atoms with Gasteiger partial charge < -0.3 is 9.47 Å². The minimum Gasteiger partial charge on any atom is -0.463 e. The molecule has 0 saturated carbocycles. The van der Waals surface area contributed by atoms with Crippen LogP contribution in [0.2, 0.25) is 0 Å². The van der Waals surface area contributed by atoms with E-state index in [1.165, 1.54) is 7.11 Å². The van der Waals surface area contributed by atoms with Crippen LogP contribution in [-0.2, 0) is 14.3 Å². The van der Waals surface area contributed by atoms with Crippen LogP contribution in [0.4, 0.5) is 0 Å². The highest BCUT2D eigenvalue weighted by Crippen LogP contribution is 1.97. The van der Waals surface area contributed by atoms with E-state index in [1.54, 1.807) is 6.07 Å². The maximum Gasteiger partial charge on any atom is 0.320 e. The number of rotatable bonds is 5. The van der Waals surface area contributed by atoms with Crippen molar-refractivity contribution in [2.75, 3.05) is 20.3 Å². The molecule has 0 aliphatic heterocycles. The van der Waals surface area contributed by atoms with Crippen LogP contribution >= 0.6 is 0 Å². The van der Waals surface area contributed by atoms with Crippen LogP contribution in [0.5, 0.6) is 0 Å². The van der Waals surface area contributed by atoms with Crippen molar-refractivity contribution in [2.45, 2.75) is 6.42 Å². The van der Waals surface area contributed by atoms with E-state index in [9.17, 15) is 4.79 Å². The minimum absolute atomic E-state index is 0.0230. The fourth-order valence-corrected chi connectivity index (χ4v) is 0.633. The Bertz CT molecular complexity index is 239. The summed E-state index contributed by atoms with van der Waals surface area (Å²) in [6.07, 6.45) is -0.287. The van der Waals surface area contributed by atoms with Gasteiger partial charge in [0.1, 0.15) is 18.9 Å². The van der Waals surface area contributed by atoms with Crippen molar-refractivity contribution < 1.29 is 14.3 Å². The molecule has 0 rings (SSSR count). The third kappa shape index (κ3) is 5.66. The maximum atomic E-state index is 10.7. The van der Waals surface area contributed by atoms with Crippen LogP contribution in [-0.4, -0.2) is 26.3 Å². The van der Waals surface area contributed by atoms with Crippen molar-refractivity contribution in [3.8, 4) is 12.1 Å². The first-order valence-electron chi connectivity index (χ1n) is 3.65. The highest BCUT2D eigenvalue weighted by molar-refractivity contribution is 5.71. The molecular formula is C8H10N2O3. The molecule has 0 amide bonds. The van der Waals surface area contributed by atoms with Gasteiger partial charge in [-0.25, -0.2) is 0 Å². The normalized spacial score (nSPS) is 11.0. The van der Waals surface area contributed by atoms with Gasteiger partial charge in [-0.3, -0.25) is 4.79 Å². The van der Waals surface area contributed by atoms with Gasteiger partial charge >= 0.3 is 5.97 Å². The summed E-state index contributed by atoms with van der Waals surface area (Å²) in [5.41, 5.74) is 0. The topological polar surface area (TPSA) is 83.1 Å². The molecular weight excluding hydrogens is 172 g/mol. The Kier molecular flexibility index (Phi) is 6.21. The SMILES string of the molecule is COCC(C#N)COC(=O)CC#N. The average Bonchev–Trinajstić information content (AvgIpc) is 2.12. The number of nitriles is 2. The monoisotopic (exact) mass is 182 g/mol. The first kappa shape index (κ1) is 11.4. The largest absolute Gasteiger partial charge is 0.463 e. The fraction of sp³-hybridized carbons (Fsp3) is 0.625. The molecule has 0 saturated heterocycles. The zero-order valence-electron chi connectivity index (χ0n) is 7.32. The number of ether oxygens (including phenoxy) is 2. The molecule has 1 unspecified atom stereocenters. The van der Waals surface area contributed by atoms with Crippen molar-refractivity contribution in [2.24, 2.45) is 5.92 Å². The van der Waals surface area contributed by atoms with E-state index in [1.807, 2.05) is 6.07 Å². The van der Waals surface area contributed by atoms with E-state index < -0.39 is 11.9 Å². The zero-order valence-corrected chi connectivity index (χ0v) is 7.32. The van der Waals surface area contributed by atoms with Gasteiger partial charge in [0, 0.05) is 7.11 Å². The van der Waals surface area contributed by atoms with E-state index in [0.29, 0.717) is 0 Å². The maximum absolute atomic E-state index is 10.7. The average molecular weight is 182 g/mol. The summed E-state index contributed by atoms with van der Waals surface area (Å²) in [5.74, 6) is -1.08. The van der Waals surface area contributed by atoms with Crippen LogP contribution in [0.15, 0.2) is 0 Å². The lowest BCUT2D eigenvalue weighted by atomic mass is 10.2. The molecule has 0 fully saturated rings. The molecule has 0 aliphatic carbocycles. The molecule has 0 bridgehead atoms. The van der Waals surface area contributed by atoms with E-state index in [4.69, 9.17) is 15.3 Å². The van der Waals surface area contributed by atoms with Crippen molar-refractivity contribution in [1.29, 1.82) is 10.5 Å². The second kappa shape index (κ2) is 7.08. The first-order valence-corrected chi connectivity index (χ1v) is 3.65. The molecule has 0 heterocycles. The van der Waals surface area contributed by atoms with Gasteiger partial charge in [0.15, 0.2) is 0 Å². The van der Waals surface area contributed by atoms with Crippen LogP contribution in [0.3, 0.4) is 0 Å². The number of hydrogen-bond acceptors (Lipinski definition) is 5. The summed E-state index contributed by atoms with van der Waals surface area (Å²) in [6.45, 7) is 0.196. The molecule has 0 spiro atoms. The number of hydrogen-bond donors (Lipinski definition) is 0. The lowest BCUT2D eigenvalue weighted by Crippen LogP contribution is -2.16. The van der Waals surface area contributed by atoms with Crippen LogP contribution in [0, 0.1) is 28.6 Å². The van der Waals surface area contributed by atoms with Gasteiger partial charge in [0.25, 0.3) is 0 Å². The summed E-state index contributed by atoms with van der Waals surface area (Å²) >= 11 is 0. The van der Waals surface area contributed by atoms with Crippen molar-refractivity contribution in [3.63, 3.8) is 0 Å². The first-order chi connectivity index (χ1) is 6.24. The van der Waals surface area contributed by atoms with Gasteiger partial charge in [-0.1, -0.05) is 0 Å². The standard InChI is InChI=1S/C8H10N2O3/c1-12-5-7(4-10)6-13-8(11)2-3-9/h7H,2,5-6H2,1H3. The molecule has 0 aromatic carbocycles. The zero-order chi connectivity index (χ0) is 10.1. The van der Waals surface area contributed by atoms with Crippen LogP contribution in [0.1, 0.15) is 6.42 Å². The lowest BCUT2D eigenvalue weighted by molar-refractivity contribution is -0.143. The molecule has 70 valence electrons. The Balaban J connectivity index is 3.68. The fourth-order valence-electron chi connectivity index (χ4n) is 0.633. The molecule has 0 radical (unpaired) electrons. The summed E-state index contributed by atoms with van der Waals surface area (Å²) in [7, 11) is 1.46. The predicted octanol–water partition coefficient (Wildman–Crippen LogP) is 0.229. The van der Waals surface area contributed by atoms with Crippen LogP contribution in [0.25, 0.3) is 0 Å². The van der Waals surface area contributed by atoms with E-state index in [-0.39, 0.29) is 19.6 Å². The molecule has 13 heavy (non-hydrogen) atoms. The third-order valence-electron chi connectivity index (χ3n) is 1.22. The Morgan fingerprint density at radius 2 is 2.15 bits per heavy atom. The predicted molar refractivity (Wildman–Crippen MR) is 42.2 cm³/mol. The third-order valence-corrected chi connectivity index (χ3v) is 1.22. The van der Waals surface area contributed by atoms with Crippen molar-refractivity contribution in [1.82, 2.24) is 0 Å². The van der Waals surface area contributed by atoms with Crippen LogP contribution < -0.4 is 0 Å². The summed E-state index contributed by atoms with van der Waals surface area (Å²) in [6, 6.07) is 3.57. The van der Waals surface area contributed by atoms with Crippen molar-refractivity contribution >= 4 is 5.97 Å². The molecule has 5 nitrogen and oxygen atoms in total. The molecule has 0 aromatic rings. The van der Waals surface area contributed by atoms with Gasteiger partial charge in [0.2, 0.25) is 0 Å². The van der Waals surface area contributed by atoms with Gasteiger partial charge in [0.05, 0.1) is 18.7 Å². The number of esters is 1. The van der Waals surface area contributed by atoms with Gasteiger partial charge in [-0.05, 0) is 0 Å². The molecule has 5 heteroatoms. The number of nitrogens with zero attached hydrogens (tertiary/aromatic N) is 2. The van der Waals surface area contributed by atoms with E-state index in [2.05, 4.69) is 4.74 Å². The van der Waals surface area contributed by atoms with E-state index in [0.717, 1.165) is 0 Å². The Labute approximate surface area is 76.5 Å². The van der Waals surface area contributed by atoms with Gasteiger partial charge in [-0.2, -0.15) is 10.5 Å². The Morgan fingerprint density at radius 1 is 1.46 bits per heavy atom. The second-order valence-electron chi connectivity index (χ2n) is 2.30. The van der Waals surface area contributed by atoms with Gasteiger partial charge in [-0.15, -0.1) is 0 Å². The summed E-state index contributed by atoms with van der Waals surface area (Å²) < 4.78 is 9.33. The summed E-state index contributed by atoms with van der Waals surface area (Å²) in [5, 5.41) is 16.6. The summed E-state index contributed by atoms with van der Waals surface area (Å²) in [4.78, 5) is 10.7. The smallest absolute Gasteiger partial charge is 0.320 e. The lowest BCUT2D eigenvalue weighted by Gasteiger charge is -2.07. The number of carbonyl (C=O) groups is 1. The molecule has 0 aromatic heterocycles. The molecule has 0 N–H and O–H groups in total. The molecule has 0 aliphatic rings. The minimum atomic E-state index is -0.612. The highest BCUT2D eigenvalue weighted by atomic mass is 16.5. The quantitative estimate of drug-likeness (QED) is 0.568. The number of methoxy groups -OCH3 is 1. The number of carbonyl (C=O) groups excluding carboxylic acids is 1. The van der Waals surface area contributed by atoms with E-state index >= 15 is 0 Å². The Hall–Kier alpha value is -1.59. The Morgan fingerprint density at radius 3 is 2.62 bits per heavy atom. The van der Waals surface area contributed by atoms with Crippen molar-refractivity contribution in [3.05, 3.63) is 0 Å².